The third kappa shape index (κ3) is 3.75. The van der Waals surface area contributed by atoms with Gasteiger partial charge in [0.05, 0.1) is 18.8 Å². The summed E-state index contributed by atoms with van der Waals surface area (Å²) in [6.07, 6.45) is -9.93. The van der Waals surface area contributed by atoms with Crippen LogP contribution in [0, 0.1) is 6.92 Å². The minimum atomic E-state index is -4.41. The normalized spacial score (nSPS) is 30.6. The number of halogens is 3. The maximum atomic E-state index is 12.8. The van der Waals surface area contributed by atoms with Crippen LogP contribution >= 0.6 is 0 Å². The zero-order valence-corrected chi connectivity index (χ0v) is 16.6. The Kier molecular flexibility index (Phi) is 5.61. The van der Waals surface area contributed by atoms with Crippen molar-refractivity contribution in [2.24, 2.45) is 0 Å². The average molecular weight is 440 g/mol. The standard InChI is InChI=1S/C22H23F3O6/c1-11-6-14-10-30-21(20(29)19(28)18(27)17(9-26)31-21)16(14)8-13(11)7-12-2-4-15(5-3-12)22(23,24)25/h2-6,8,17-20,26-29H,7,9-10H2,1H3/t17-,18-,19+,20-,21+/m1/s1. The molecule has 1 fully saturated rings. The number of hydrogen-bond acceptors (Lipinski definition) is 6. The van der Waals surface area contributed by atoms with Crippen molar-refractivity contribution in [1.29, 1.82) is 0 Å². The molecule has 2 aliphatic heterocycles. The highest BCUT2D eigenvalue weighted by Crippen LogP contribution is 2.46. The fourth-order valence-electron chi connectivity index (χ4n) is 4.22. The van der Waals surface area contributed by atoms with E-state index < -0.39 is 48.5 Å². The van der Waals surface area contributed by atoms with E-state index in [1.807, 2.05) is 13.0 Å². The van der Waals surface area contributed by atoms with E-state index in [9.17, 15) is 33.6 Å². The molecule has 9 heteroatoms. The first kappa shape index (κ1) is 22.2. The lowest BCUT2D eigenvalue weighted by Crippen LogP contribution is -2.63. The third-order valence-electron chi connectivity index (χ3n) is 6.01. The van der Waals surface area contributed by atoms with Gasteiger partial charge in [-0.25, -0.2) is 0 Å². The molecule has 4 N–H and O–H groups in total. The molecular weight excluding hydrogens is 417 g/mol. The van der Waals surface area contributed by atoms with Gasteiger partial charge in [-0.15, -0.1) is 0 Å². The zero-order chi connectivity index (χ0) is 22.6. The van der Waals surface area contributed by atoms with Crippen LogP contribution in [0.3, 0.4) is 0 Å². The van der Waals surface area contributed by atoms with Gasteiger partial charge in [0.1, 0.15) is 24.4 Å². The van der Waals surface area contributed by atoms with E-state index in [0.717, 1.165) is 23.3 Å². The van der Waals surface area contributed by atoms with Crippen LogP contribution in [0.4, 0.5) is 13.2 Å². The molecule has 0 aliphatic carbocycles. The van der Waals surface area contributed by atoms with E-state index in [2.05, 4.69) is 0 Å². The van der Waals surface area contributed by atoms with E-state index in [1.54, 1.807) is 6.07 Å². The van der Waals surface area contributed by atoms with E-state index in [-0.39, 0.29) is 6.61 Å². The molecule has 0 bridgehead atoms. The third-order valence-corrected chi connectivity index (χ3v) is 6.01. The Morgan fingerprint density at radius 3 is 2.35 bits per heavy atom. The Morgan fingerprint density at radius 1 is 1.06 bits per heavy atom. The van der Waals surface area contributed by atoms with Crippen molar-refractivity contribution in [3.8, 4) is 0 Å². The predicted octanol–water partition coefficient (Wildman–Crippen LogP) is 1.76. The highest BCUT2D eigenvalue weighted by molar-refractivity contribution is 5.45. The average Bonchev–Trinajstić information content (AvgIpc) is 3.07. The molecule has 1 spiro atoms. The van der Waals surface area contributed by atoms with Crippen LogP contribution in [0.2, 0.25) is 0 Å². The van der Waals surface area contributed by atoms with Crippen molar-refractivity contribution in [2.75, 3.05) is 6.61 Å². The van der Waals surface area contributed by atoms with Gasteiger partial charge in [0.2, 0.25) is 5.79 Å². The maximum Gasteiger partial charge on any atom is 0.416 e. The Labute approximate surface area is 176 Å². The predicted molar refractivity (Wildman–Crippen MR) is 102 cm³/mol. The maximum absolute atomic E-state index is 12.8. The largest absolute Gasteiger partial charge is 0.416 e. The van der Waals surface area contributed by atoms with Crippen molar-refractivity contribution in [1.82, 2.24) is 0 Å². The molecule has 0 amide bonds. The highest BCUT2D eigenvalue weighted by atomic mass is 19.4. The number of hydrogen-bond donors (Lipinski definition) is 4. The molecule has 2 aromatic rings. The van der Waals surface area contributed by atoms with Crippen LogP contribution < -0.4 is 0 Å². The van der Waals surface area contributed by atoms with Crippen molar-refractivity contribution in [2.45, 2.75) is 56.3 Å². The van der Waals surface area contributed by atoms with Gasteiger partial charge in [0, 0.05) is 5.56 Å². The number of aliphatic hydroxyl groups is 4. The minimum absolute atomic E-state index is 0.0920. The summed E-state index contributed by atoms with van der Waals surface area (Å²) >= 11 is 0. The molecule has 0 aromatic heterocycles. The lowest BCUT2D eigenvalue weighted by Gasteiger charge is -2.46. The molecule has 2 aromatic carbocycles. The first-order chi connectivity index (χ1) is 14.6. The molecule has 2 aliphatic rings. The van der Waals surface area contributed by atoms with E-state index in [0.29, 0.717) is 23.1 Å². The number of alkyl halides is 3. The monoisotopic (exact) mass is 440 g/mol. The van der Waals surface area contributed by atoms with Crippen molar-refractivity contribution >= 4 is 0 Å². The van der Waals surface area contributed by atoms with Crippen molar-refractivity contribution in [3.63, 3.8) is 0 Å². The molecule has 2 heterocycles. The van der Waals surface area contributed by atoms with Gasteiger partial charge in [-0.2, -0.15) is 13.2 Å². The molecule has 168 valence electrons. The van der Waals surface area contributed by atoms with Gasteiger partial charge in [-0.05, 0) is 53.8 Å². The van der Waals surface area contributed by atoms with Gasteiger partial charge >= 0.3 is 6.18 Å². The van der Waals surface area contributed by atoms with Crippen LogP contribution in [-0.4, -0.2) is 51.4 Å². The summed E-state index contributed by atoms with van der Waals surface area (Å²) in [6.45, 7) is 1.36. The number of aryl methyl sites for hydroxylation is 1. The number of ether oxygens (including phenoxy) is 2. The lowest BCUT2D eigenvalue weighted by molar-refractivity contribution is -0.368. The SMILES string of the molecule is Cc1cc2c(cc1Cc1ccc(C(F)(F)F)cc1)[C@]1(OC2)O[C@H](CO)[C@@H](O)[C@H](O)[C@H]1O. The highest BCUT2D eigenvalue weighted by Gasteiger charge is 2.58. The van der Waals surface area contributed by atoms with Gasteiger partial charge < -0.3 is 29.9 Å². The number of rotatable bonds is 3. The summed E-state index contributed by atoms with van der Waals surface area (Å²) in [7, 11) is 0. The first-order valence-corrected chi connectivity index (χ1v) is 9.82. The topological polar surface area (TPSA) is 99.4 Å². The second kappa shape index (κ2) is 7.84. The Bertz CT molecular complexity index is 959. The molecule has 0 radical (unpaired) electrons. The molecule has 6 nitrogen and oxygen atoms in total. The van der Waals surface area contributed by atoms with E-state index >= 15 is 0 Å². The summed E-state index contributed by atoms with van der Waals surface area (Å²) in [6, 6.07) is 8.45. The molecule has 1 saturated heterocycles. The Balaban J connectivity index is 1.68. The summed E-state index contributed by atoms with van der Waals surface area (Å²) in [5.41, 5.74) is 2.77. The fraction of sp³-hybridized carbons (Fsp3) is 0.455. The van der Waals surface area contributed by atoms with Gasteiger partial charge in [-0.1, -0.05) is 18.2 Å². The number of benzene rings is 2. The van der Waals surface area contributed by atoms with Crippen LogP contribution in [0.25, 0.3) is 0 Å². The van der Waals surface area contributed by atoms with Crippen LogP contribution in [0.5, 0.6) is 0 Å². The smallest absolute Gasteiger partial charge is 0.394 e. The summed E-state index contributed by atoms with van der Waals surface area (Å²) in [5, 5.41) is 40.5. The van der Waals surface area contributed by atoms with Gasteiger partial charge in [0.15, 0.2) is 0 Å². The van der Waals surface area contributed by atoms with Crippen LogP contribution in [0.1, 0.15) is 33.4 Å². The van der Waals surface area contributed by atoms with E-state index in [4.69, 9.17) is 9.47 Å². The molecule has 0 saturated carbocycles. The summed E-state index contributed by atoms with van der Waals surface area (Å²) < 4.78 is 49.9. The zero-order valence-electron chi connectivity index (χ0n) is 16.6. The summed E-state index contributed by atoms with van der Waals surface area (Å²) in [5.74, 6) is -1.76. The molecular formula is C22H23F3O6. The van der Waals surface area contributed by atoms with E-state index in [1.165, 1.54) is 12.1 Å². The van der Waals surface area contributed by atoms with Crippen LogP contribution in [0.15, 0.2) is 36.4 Å². The quantitative estimate of drug-likeness (QED) is 0.581. The summed E-state index contributed by atoms with van der Waals surface area (Å²) in [4.78, 5) is 0. The Hall–Kier alpha value is -2.01. The molecule has 5 atom stereocenters. The first-order valence-electron chi connectivity index (χ1n) is 9.82. The number of aliphatic hydroxyl groups excluding tert-OH is 4. The minimum Gasteiger partial charge on any atom is -0.394 e. The van der Waals surface area contributed by atoms with Crippen molar-refractivity contribution in [3.05, 3.63) is 69.8 Å². The fourth-order valence-corrected chi connectivity index (χ4v) is 4.22. The van der Waals surface area contributed by atoms with Crippen LogP contribution in [-0.2, 0) is 34.5 Å². The molecule has 31 heavy (non-hydrogen) atoms. The molecule has 0 unspecified atom stereocenters. The van der Waals surface area contributed by atoms with Gasteiger partial charge in [0.25, 0.3) is 0 Å². The Morgan fingerprint density at radius 2 is 1.74 bits per heavy atom. The number of fused-ring (bicyclic) bond motifs is 2. The second-order valence-electron chi connectivity index (χ2n) is 8.03. The van der Waals surface area contributed by atoms with Gasteiger partial charge in [-0.3, -0.25) is 0 Å². The molecule has 4 rings (SSSR count). The lowest BCUT2D eigenvalue weighted by atomic mass is 9.85. The second-order valence-corrected chi connectivity index (χ2v) is 8.03. The van der Waals surface area contributed by atoms with Crippen molar-refractivity contribution < 1.29 is 43.1 Å².